The van der Waals surface area contributed by atoms with Gasteiger partial charge in [-0.05, 0) is 206 Å². The number of benzene rings is 6. The van der Waals surface area contributed by atoms with E-state index in [9.17, 15) is 38.4 Å². The molecule has 0 aliphatic carbocycles. The van der Waals surface area contributed by atoms with E-state index in [1.807, 2.05) is 128 Å². The maximum atomic E-state index is 13.8. The number of likely N-dealkylation sites (N-methyl/N-ethyl adjacent to an activating group) is 2. The molecule has 6 heterocycles. The maximum Gasteiger partial charge on any atom is 1.00 e. The van der Waals surface area contributed by atoms with Gasteiger partial charge in [0, 0.05) is 131 Å². The second-order valence-electron chi connectivity index (χ2n) is 29.0. The molecule has 0 unspecified atom stereocenters. The number of carbonyl (C=O) groups is 6. The van der Waals surface area contributed by atoms with Gasteiger partial charge in [0.05, 0.1) is 74.8 Å². The van der Waals surface area contributed by atoms with Crippen LogP contribution < -0.4 is 74.3 Å². The van der Waals surface area contributed by atoms with Crippen LogP contribution in [-0.2, 0) is 20.8 Å². The number of hydrogen-bond donors (Lipinski definition) is 1. The third-order valence-electron chi connectivity index (χ3n) is 19.9. The van der Waals surface area contributed by atoms with E-state index >= 15 is 0 Å². The molecule has 3 aliphatic heterocycles. The minimum Gasteiger partial charge on any atom is -1.00 e. The molecule has 0 spiro atoms. The molecule has 12 rings (SSSR count). The summed E-state index contributed by atoms with van der Waals surface area (Å²) >= 11 is 0. The summed E-state index contributed by atoms with van der Waals surface area (Å²) in [6.45, 7) is 23.3. The molecule has 664 valence electrons. The van der Waals surface area contributed by atoms with Gasteiger partial charge in [0.1, 0.15) is 40.5 Å². The molecule has 6 aromatic carbocycles. The quantitative estimate of drug-likeness (QED) is 0.0335. The average molecular weight is 1700 g/mol. The molecule has 3 aromatic heterocycles. The molecule has 0 atom stereocenters. The molecular weight excluding hydrogens is 1560 g/mol. The number of nitrogens with one attached hydrogen (secondary N) is 1. The van der Waals surface area contributed by atoms with Gasteiger partial charge in [-0.1, -0.05) is 86.4 Å². The zero-order chi connectivity index (χ0) is 83.2. The van der Waals surface area contributed by atoms with E-state index in [1.54, 1.807) is 129 Å². The number of hydrogen-bond acceptors (Lipinski definition) is 22. The van der Waals surface area contributed by atoms with Gasteiger partial charge in [-0.3, -0.25) is 24.0 Å². The zero-order valence-corrected chi connectivity index (χ0v) is 72.5. The summed E-state index contributed by atoms with van der Waals surface area (Å²) in [5, 5.41) is 2.48. The van der Waals surface area contributed by atoms with E-state index in [-0.39, 0.29) is 136 Å². The number of fused-ring (bicyclic) bond motifs is 3. The summed E-state index contributed by atoms with van der Waals surface area (Å²) in [5.41, 5.74) is 8.54. The number of pyridine rings is 3. The van der Waals surface area contributed by atoms with Crippen LogP contribution in [0.3, 0.4) is 0 Å². The fraction of sp³-hybridized carbons (Fsp3) is 0.457. The van der Waals surface area contributed by atoms with E-state index in [1.165, 1.54) is 13.0 Å². The Labute approximate surface area is 747 Å². The van der Waals surface area contributed by atoms with E-state index in [4.69, 9.17) is 38.1 Å². The van der Waals surface area contributed by atoms with Crippen molar-refractivity contribution in [2.45, 2.75) is 106 Å². The number of ether oxygens (including phenoxy) is 7. The number of H-pyrrole nitrogens is 1. The number of aryl methyl sites for hydroxylation is 3. The molecular formula is C94H137N12NaO15. The number of esters is 3. The van der Waals surface area contributed by atoms with Crippen LogP contribution in [0, 0.1) is 20.8 Å². The van der Waals surface area contributed by atoms with Crippen LogP contribution in [0.15, 0.2) is 137 Å². The second-order valence-corrected chi connectivity index (χ2v) is 29.0. The monoisotopic (exact) mass is 1700 g/mol. The molecule has 0 bridgehead atoms. The topological polar surface area (TPSA) is 264 Å². The Bertz CT molecular complexity index is 4980. The molecule has 3 aliphatic rings. The van der Waals surface area contributed by atoms with Crippen molar-refractivity contribution in [1.29, 1.82) is 0 Å². The van der Waals surface area contributed by atoms with Gasteiger partial charge in [-0.15, -0.1) is 0 Å². The second kappa shape index (κ2) is 51.4. The predicted molar refractivity (Wildman–Crippen MR) is 493 cm³/mol. The van der Waals surface area contributed by atoms with Crippen LogP contribution in [-0.4, -0.2) is 268 Å². The number of nitrogens with zero attached hydrogens (tertiary/aromatic N) is 11. The van der Waals surface area contributed by atoms with Crippen molar-refractivity contribution in [3.05, 3.63) is 198 Å². The van der Waals surface area contributed by atoms with Gasteiger partial charge in [0.2, 0.25) is 5.88 Å². The molecule has 27 nitrogen and oxygen atoms in total. The number of aromatic nitrogens is 3. The van der Waals surface area contributed by atoms with E-state index in [0.717, 1.165) is 49.6 Å². The summed E-state index contributed by atoms with van der Waals surface area (Å²) in [4.78, 5) is 130. The van der Waals surface area contributed by atoms with Crippen molar-refractivity contribution in [2.75, 3.05) is 203 Å². The fourth-order valence-electron chi connectivity index (χ4n) is 14.0. The first-order valence-electron chi connectivity index (χ1n) is 39.2. The van der Waals surface area contributed by atoms with Crippen molar-refractivity contribution >= 4 is 85.4 Å². The molecule has 3 saturated heterocycles. The van der Waals surface area contributed by atoms with Crippen LogP contribution in [0.4, 0.5) is 17.1 Å². The van der Waals surface area contributed by atoms with Crippen molar-refractivity contribution in [3.8, 4) is 23.1 Å². The van der Waals surface area contributed by atoms with Gasteiger partial charge in [-0.25, -0.2) is 19.4 Å². The number of piperazine rings is 3. The van der Waals surface area contributed by atoms with E-state index in [2.05, 4.69) is 35.8 Å². The maximum absolute atomic E-state index is 13.8. The first-order chi connectivity index (χ1) is 55.3. The average Bonchev–Trinajstić information content (AvgIpc) is 0.768. The van der Waals surface area contributed by atoms with E-state index < -0.39 is 23.5 Å². The Morgan fingerprint density at radius 3 is 1.16 bits per heavy atom. The number of aromatic amines is 1. The van der Waals surface area contributed by atoms with Crippen LogP contribution in [0.1, 0.15) is 159 Å². The molecule has 9 aromatic rings. The third kappa shape index (κ3) is 27.2. The number of carbonyl (C=O) groups excluding carboxylic acids is 6. The van der Waals surface area contributed by atoms with Crippen LogP contribution in [0.25, 0.3) is 32.7 Å². The Morgan fingerprint density at radius 1 is 0.426 bits per heavy atom. The van der Waals surface area contributed by atoms with Gasteiger partial charge >= 0.3 is 47.5 Å². The summed E-state index contributed by atoms with van der Waals surface area (Å²) < 4.78 is 39.3. The largest absolute Gasteiger partial charge is 1.00 e. The number of rotatable bonds is 24. The molecule has 0 saturated carbocycles. The molecule has 28 heteroatoms. The Hall–Kier alpha value is -10.6. The minimum absolute atomic E-state index is 0. The van der Waals surface area contributed by atoms with Crippen molar-refractivity contribution in [3.63, 3.8) is 0 Å². The van der Waals surface area contributed by atoms with Gasteiger partial charge < -0.3 is 88.2 Å². The molecule has 122 heavy (non-hydrogen) atoms. The van der Waals surface area contributed by atoms with Crippen molar-refractivity contribution < 1.29 is 92.9 Å². The van der Waals surface area contributed by atoms with Gasteiger partial charge in [0.15, 0.2) is 0 Å². The molecule has 3 fully saturated rings. The van der Waals surface area contributed by atoms with Gasteiger partial charge in [-0.2, -0.15) is 0 Å². The normalized spacial score (nSPS) is 12.7. The van der Waals surface area contributed by atoms with Crippen molar-refractivity contribution in [2.24, 2.45) is 0 Å². The first-order valence-corrected chi connectivity index (χ1v) is 39.2. The van der Waals surface area contributed by atoms with Crippen LogP contribution in [0.2, 0.25) is 0 Å². The van der Waals surface area contributed by atoms with Gasteiger partial charge in [0.25, 0.3) is 28.8 Å². The first kappa shape index (κ1) is 108. The minimum atomic E-state index is -0.645. The summed E-state index contributed by atoms with van der Waals surface area (Å²) in [6, 6.07) is 38.9. The Balaban J connectivity index is 0.000000866. The van der Waals surface area contributed by atoms with Crippen molar-refractivity contribution in [1.82, 2.24) is 43.9 Å². The number of anilines is 3. The summed E-state index contributed by atoms with van der Waals surface area (Å²) in [7, 11) is 16.8. The molecule has 3 amide bonds. The fourth-order valence-corrected chi connectivity index (χ4v) is 14.0. The van der Waals surface area contributed by atoms with Crippen LogP contribution >= 0.6 is 0 Å². The summed E-state index contributed by atoms with van der Waals surface area (Å²) in [5.74, 6) is 0.498. The Morgan fingerprint density at radius 2 is 0.779 bits per heavy atom. The molecule has 1 N–H and O–H groups in total. The third-order valence-corrected chi connectivity index (χ3v) is 19.9. The number of methoxy groups -OCH3 is 3. The van der Waals surface area contributed by atoms with Crippen LogP contribution in [0.5, 0.6) is 23.1 Å². The standard InChI is InChI=1S/2C29H36N4O5.C25H27N3O5.C5H13N.6CH4.Na.H/c1-6-38-29(36)25-26(23-19-20(2)7-12-24(23)33(28(25)35)18-13-30(3)4)31-14-16-32(17-15-31)27(34)21-8-10-22(37-5)11-9-21;1-6-37-29(35)25-26(23-19-20(2)7-12-24(23)30-27(25)38-18-17-31(3)4)32-13-15-33(16-14-32)28(34)21-8-10-22(36-5)11-9-21;1-4-33-25(31)21-22(19-15-16(2)5-10-20(19)26-23(21)29)27-11-13-28(14-12-27)24(30)17-6-8-18(32-3)9-7-17;1-4-5-6(2)3;;;;;;;;/h2*7-12,19H,6,13-18H2,1-5H3;5-10,15H,4,11-14H2,1-3H3,(H,26,29);4-5H2,1-3H3;6*1H4;;/q;;;;;;;;;;+1;-1. The predicted octanol–water partition coefficient (Wildman–Crippen LogP) is 11.5. The molecule has 0 radical (unpaired) electrons. The Kier molecular flexibility index (Phi) is 45.3. The zero-order valence-electron chi connectivity index (χ0n) is 71.5. The number of amides is 3. The van der Waals surface area contributed by atoms with E-state index in [0.29, 0.717) is 161 Å². The smallest absolute Gasteiger partial charge is 1.00 e. The SMILES string of the molecule is C.C.C.C.C.C.CCCN(C)C.CCOC(=O)c1c(N2CCN(C(=O)c3ccc(OC)cc3)CC2)c2cc(C)ccc2[nH]c1=O.CCOC(=O)c1c(N2CCN(C(=O)c3ccc(OC)cc3)CC2)c2cc(C)ccc2n(CCN(C)C)c1=O.CCOC(=O)c1c(OCCN(C)C)nc2ccc(C)cc2c1N1CCN(C(=O)c2ccc(OC)cc2)CC1.[H-].[Na+]. The summed E-state index contributed by atoms with van der Waals surface area (Å²) in [6.07, 6.45) is 1.26.